The predicted octanol–water partition coefficient (Wildman–Crippen LogP) is 7.26. The van der Waals surface area contributed by atoms with Crippen LogP contribution in [-0.4, -0.2) is 45.5 Å². The Balaban J connectivity index is 1.41. The number of benzene rings is 3. The maximum Gasteiger partial charge on any atom is 0.382 e. The van der Waals surface area contributed by atoms with E-state index in [0.717, 1.165) is 25.0 Å². The van der Waals surface area contributed by atoms with Crippen LogP contribution in [0.5, 0.6) is 0 Å². The summed E-state index contributed by atoms with van der Waals surface area (Å²) >= 11 is 12.9. The molecule has 2 amide bonds. The van der Waals surface area contributed by atoms with Gasteiger partial charge in [-0.05, 0) is 68.5 Å². The fourth-order valence-corrected chi connectivity index (χ4v) is 6.73. The largest absolute Gasteiger partial charge is 0.455 e. The number of aliphatic hydroxyl groups excluding tert-OH is 1. The third kappa shape index (κ3) is 7.46. The number of rotatable bonds is 8. The van der Waals surface area contributed by atoms with E-state index in [1.54, 1.807) is 47.4 Å². The first-order valence-corrected chi connectivity index (χ1v) is 16.1. The summed E-state index contributed by atoms with van der Waals surface area (Å²) < 4.78 is 34.3. The van der Waals surface area contributed by atoms with Crippen LogP contribution in [0.25, 0.3) is 0 Å². The predicted molar refractivity (Wildman–Crippen MR) is 172 cm³/mol. The number of halogens is 4. The molecule has 250 valence electrons. The zero-order valence-corrected chi connectivity index (χ0v) is 27.7. The lowest BCUT2D eigenvalue weighted by atomic mass is 9.77. The molecule has 0 bridgehead atoms. The number of esters is 1. The van der Waals surface area contributed by atoms with Crippen LogP contribution in [0.3, 0.4) is 0 Å². The first kappa shape index (κ1) is 34.8. The van der Waals surface area contributed by atoms with Gasteiger partial charge in [0.25, 0.3) is 11.8 Å². The smallest absolute Gasteiger partial charge is 0.382 e. The molecule has 1 aliphatic carbocycles. The fourth-order valence-electron chi connectivity index (χ4n) is 6.21. The van der Waals surface area contributed by atoms with Crippen molar-refractivity contribution in [2.45, 2.75) is 88.7 Å². The van der Waals surface area contributed by atoms with E-state index in [1.165, 1.54) is 32.9 Å². The lowest BCUT2D eigenvalue weighted by Crippen LogP contribution is -2.55. The van der Waals surface area contributed by atoms with E-state index in [1.807, 2.05) is 0 Å². The van der Waals surface area contributed by atoms with Gasteiger partial charge in [0, 0.05) is 21.2 Å². The van der Waals surface area contributed by atoms with Gasteiger partial charge in [-0.2, -0.15) is 8.78 Å². The first-order valence-electron chi connectivity index (χ1n) is 15.4. The molecule has 1 fully saturated rings. The van der Waals surface area contributed by atoms with Crippen LogP contribution in [0.2, 0.25) is 10.0 Å². The number of fused-ring (bicyclic) bond motifs is 1. The number of hydrogen-bond acceptors (Lipinski definition) is 6. The number of hydroxylamine groups is 1. The van der Waals surface area contributed by atoms with Gasteiger partial charge in [-0.25, -0.2) is 10.3 Å². The van der Waals surface area contributed by atoms with Gasteiger partial charge in [0.15, 0.2) is 0 Å². The summed E-state index contributed by atoms with van der Waals surface area (Å²) in [5.74, 6) is -7.41. The van der Waals surface area contributed by atoms with Gasteiger partial charge in [-0.3, -0.25) is 14.4 Å². The zero-order valence-electron chi connectivity index (χ0n) is 26.1. The SMILES string of the molecule is CC(C)(C)OC(=O)C(F)(F)c1ccc(CONC(=O)[C@@H]2c3ccccc3C(=O)N([C@H]3CCCC[C@@H]3O)[C@H]2c2ccc(Cl)cc2Cl)cc1. The Bertz CT molecular complexity index is 1650. The third-order valence-electron chi connectivity index (χ3n) is 8.37. The van der Waals surface area contributed by atoms with Crippen LogP contribution in [0.4, 0.5) is 8.78 Å². The molecular formula is C35H36Cl2F2N2O6. The van der Waals surface area contributed by atoms with Gasteiger partial charge in [0.1, 0.15) is 5.60 Å². The Morgan fingerprint density at radius 3 is 2.32 bits per heavy atom. The van der Waals surface area contributed by atoms with Crippen molar-refractivity contribution in [3.05, 3.63) is 105 Å². The van der Waals surface area contributed by atoms with Crippen molar-refractivity contribution in [2.75, 3.05) is 0 Å². The fraction of sp³-hybridized carbons (Fsp3) is 0.400. The first-order chi connectivity index (χ1) is 22.2. The molecular weight excluding hydrogens is 653 g/mol. The van der Waals surface area contributed by atoms with Gasteiger partial charge in [-0.15, -0.1) is 0 Å². The number of nitrogens with zero attached hydrogens (tertiary/aromatic N) is 1. The Hall–Kier alpha value is -3.57. The van der Waals surface area contributed by atoms with E-state index in [-0.39, 0.29) is 17.5 Å². The van der Waals surface area contributed by atoms with Crippen LogP contribution in [-0.2, 0) is 31.7 Å². The minimum atomic E-state index is -3.86. The normalized spacial score (nSPS) is 21.6. The zero-order chi connectivity index (χ0) is 34.1. The number of carbonyl (C=O) groups is 3. The minimum Gasteiger partial charge on any atom is -0.455 e. The second kappa shape index (κ2) is 13.9. The molecule has 0 spiro atoms. The summed E-state index contributed by atoms with van der Waals surface area (Å²) in [4.78, 5) is 47.4. The number of aliphatic hydroxyl groups is 1. The second-order valence-corrected chi connectivity index (χ2v) is 13.7. The highest BCUT2D eigenvalue weighted by Crippen LogP contribution is 2.47. The Morgan fingerprint density at radius 2 is 1.66 bits per heavy atom. The van der Waals surface area contributed by atoms with Crippen molar-refractivity contribution in [2.24, 2.45) is 0 Å². The van der Waals surface area contributed by atoms with Gasteiger partial charge in [-0.1, -0.05) is 84.6 Å². The number of carbonyl (C=O) groups excluding carboxylic acids is 3. The van der Waals surface area contributed by atoms with Crippen LogP contribution >= 0.6 is 23.2 Å². The monoisotopic (exact) mass is 688 g/mol. The Labute approximate surface area is 281 Å². The number of amides is 2. The van der Waals surface area contributed by atoms with Crippen molar-refractivity contribution in [1.29, 1.82) is 0 Å². The average Bonchev–Trinajstić information content (AvgIpc) is 3.01. The van der Waals surface area contributed by atoms with E-state index >= 15 is 0 Å². The lowest BCUT2D eigenvalue weighted by Gasteiger charge is -2.48. The standard InChI is InChI=1S/C35H36Cl2F2N2O6/c1-34(2,3)47-33(45)35(38,39)21-14-12-20(13-15-21)19-46-40-31(43)29-23-8-4-5-9-24(23)32(44)41(27-10-6-7-11-28(27)42)30(29)25-17-16-22(36)18-26(25)37/h4-5,8-9,12-18,27-30,42H,6-7,10-11,19H2,1-3H3,(H,40,43)/t27-,28-,29+,30-/m0/s1. The molecule has 0 saturated heterocycles. The molecule has 12 heteroatoms. The highest BCUT2D eigenvalue weighted by molar-refractivity contribution is 6.35. The van der Waals surface area contributed by atoms with E-state index < -0.39 is 53.1 Å². The molecule has 47 heavy (non-hydrogen) atoms. The molecule has 1 heterocycles. The summed E-state index contributed by atoms with van der Waals surface area (Å²) in [6, 6.07) is 15.1. The Morgan fingerprint density at radius 1 is 0.979 bits per heavy atom. The second-order valence-electron chi connectivity index (χ2n) is 12.8. The molecule has 1 aliphatic heterocycles. The van der Waals surface area contributed by atoms with Crippen LogP contribution < -0.4 is 5.48 Å². The maximum absolute atomic E-state index is 14.7. The van der Waals surface area contributed by atoms with Crippen molar-refractivity contribution >= 4 is 41.0 Å². The van der Waals surface area contributed by atoms with Gasteiger partial charge < -0.3 is 14.7 Å². The molecule has 4 atom stereocenters. The van der Waals surface area contributed by atoms with Gasteiger partial charge in [0.05, 0.1) is 30.7 Å². The molecule has 3 aromatic carbocycles. The number of ether oxygens (including phenoxy) is 1. The van der Waals surface area contributed by atoms with Gasteiger partial charge >= 0.3 is 11.9 Å². The highest BCUT2D eigenvalue weighted by Gasteiger charge is 2.49. The van der Waals surface area contributed by atoms with Crippen molar-refractivity contribution in [1.82, 2.24) is 10.4 Å². The summed E-state index contributed by atoms with van der Waals surface area (Å²) in [5, 5.41) is 11.7. The molecule has 1 saturated carbocycles. The van der Waals surface area contributed by atoms with E-state index in [9.17, 15) is 28.3 Å². The average molecular weight is 690 g/mol. The molecule has 2 N–H and O–H groups in total. The highest BCUT2D eigenvalue weighted by atomic mass is 35.5. The third-order valence-corrected chi connectivity index (χ3v) is 8.94. The van der Waals surface area contributed by atoms with Crippen molar-refractivity contribution in [3.8, 4) is 0 Å². The summed E-state index contributed by atoms with van der Waals surface area (Å²) in [6.45, 7) is 4.32. The van der Waals surface area contributed by atoms with Crippen LogP contribution in [0, 0.1) is 0 Å². The molecule has 0 radical (unpaired) electrons. The maximum atomic E-state index is 14.7. The van der Waals surface area contributed by atoms with Crippen molar-refractivity contribution in [3.63, 3.8) is 0 Å². The lowest BCUT2D eigenvalue weighted by molar-refractivity contribution is -0.185. The molecule has 2 aliphatic rings. The minimum absolute atomic E-state index is 0.186. The summed E-state index contributed by atoms with van der Waals surface area (Å²) in [7, 11) is 0. The summed E-state index contributed by atoms with van der Waals surface area (Å²) in [6.07, 6.45) is 1.89. The van der Waals surface area contributed by atoms with E-state index in [2.05, 4.69) is 5.48 Å². The molecule has 8 nitrogen and oxygen atoms in total. The molecule has 0 aromatic heterocycles. The number of alkyl halides is 2. The quantitative estimate of drug-likeness (QED) is 0.191. The van der Waals surface area contributed by atoms with Crippen LogP contribution in [0.1, 0.15) is 91.0 Å². The number of hydrogen-bond donors (Lipinski definition) is 2. The molecule has 3 aromatic rings. The summed E-state index contributed by atoms with van der Waals surface area (Å²) in [5.41, 5.74) is 2.57. The molecule has 0 unspecified atom stereocenters. The van der Waals surface area contributed by atoms with E-state index in [0.29, 0.717) is 40.1 Å². The Kier molecular flexibility index (Phi) is 10.3. The van der Waals surface area contributed by atoms with Gasteiger partial charge in [0.2, 0.25) is 0 Å². The van der Waals surface area contributed by atoms with Crippen molar-refractivity contribution < 1.29 is 37.8 Å². The molecule has 5 rings (SSSR count). The van der Waals surface area contributed by atoms with Crippen LogP contribution in [0.15, 0.2) is 66.7 Å². The number of nitrogens with one attached hydrogen (secondary N) is 1. The topological polar surface area (TPSA) is 105 Å². The van der Waals surface area contributed by atoms with E-state index in [4.69, 9.17) is 32.8 Å².